The van der Waals surface area contributed by atoms with Crippen molar-refractivity contribution >= 4 is 11.9 Å². The minimum atomic E-state index is 0.287. The van der Waals surface area contributed by atoms with Crippen LogP contribution in [0.2, 0.25) is 0 Å². The van der Waals surface area contributed by atoms with Crippen molar-refractivity contribution in [3.05, 3.63) is 11.5 Å². The highest BCUT2D eigenvalue weighted by atomic mass is 32.2. The first-order valence-electron chi connectivity index (χ1n) is 3.18. The lowest BCUT2D eigenvalue weighted by molar-refractivity contribution is 0.0790. The van der Waals surface area contributed by atoms with Gasteiger partial charge in [0.15, 0.2) is 0 Å². The van der Waals surface area contributed by atoms with Gasteiger partial charge in [0.1, 0.15) is 0 Å². The standard InChI is InChI=1S/C6H10N2S/c1-4-5-2-3-9-8(4)6(5)7/h2-6H,7H2,1H3. The average Bonchev–Trinajstić information content (AvgIpc) is 1.91. The average molecular weight is 142 g/mol. The molecule has 3 heteroatoms. The van der Waals surface area contributed by atoms with Gasteiger partial charge in [-0.25, -0.2) is 4.31 Å². The van der Waals surface area contributed by atoms with Crippen LogP contribution in [0.5, 0.6) is 0 Å². The predicted octanol–water partition coefficient (Wildman–Crippen LogP) is 0.767. The van der Waals surface area contributed by atoms with Gasteiger partial charge in [0, 0.05) is 12.0 Å². The Kier molecular flexibility index (Phi) is 1.12. The van der Waals surface area contributed by atoms with E-state index in [9.17, 15) is 0 Å². The Bertz CT molecular complexity index is 147. The Morgan fingerprint density at radius 2 is 2.44 bits per heavy atom. The molecule has 9 heavy (non-hydrogen) atoms. The fraction of sp³-hybridized carbons (Fsp3) is 0.667. The molecule has 0 spiro atoms. The fourth-order valence-corrected chi connectivity index (χ4v) is 2.44. The van der Waals surface area contributed by atoms with Crippen LogP contribution >= 0.6 is 11.9 Å². The van der Waals surface area contributed by atoms with Gasteiger partial charge < -0.3 is 5.73 Å². The summed E-state index contributed by atoms with van der Waals surface area (Å²) in [5.41, 5.74) is 5.77. The molecular weight excluding hydrogens is 132 g/mol. The van der Waals surface area contributed by atoms with Gasteiger partial charge >= 0.3 is 0 Å². The van der Waals surface area contributed by atoms with E-state index in [1.165, 1.54) is 0 Å². The zero-order valence-electron chi connectivity index (χ0n) is 5.32. The third kappa shape index (κ3) is 0.597. The maximum Gasteiger partial charge on any atom is 0.0756 e. The van der Waals surface area contributed by atoms with E-state index >= 15 is 0 Å². The van der Waals surface area contributed by atoms with E-state index < -0.39 is 0 Å². The van der Waals surface area contributed by atoms with Crippen LogP contribution in [-0.4, -0.2) is 16.5 Å². The molecule has 50 valence electrons. The molecule has 0 saturated carbocycles. The van der Waals surface area contributed by atoms with Crippen molar-refractivity contribution in [1.29, 1.82) is 0 Å². The molecule has 0 radical (unpaired) electrons. The zero-order valence-corrected chi connectivity index (χ0v) is 6.14. The number of fused-ring (bicyclic) bond motifs is 1. The van der Waals surface area contributed by atoms with Crippen LogP contribution < -0.4 is 5.73 Å². The quantitative estimate of drug-likeness (QED) is 0.506. The second kappa shape index (κ2) is 1.75. The molecule has 3 aliphatic heterocycles. The molecule has 4 unspecified atom stereocenters. The van der Waals surface area contributed by atoms with Gasteiger partial charge in [-0.15, -0.1) is 0 Å². The molecule has 1 saturated heterocycles. The van der Waals surface area contributed by atoms with Crippen LogP contribution in [0, 0.1) is 5.92 Å². The Labute approximate surface area is 59.2 Å². The van der Waals surface area contributed by atoms with Crippen LogP contribution in [-0.2, 0) is 0 Å². The normalized spacial score (nSPS) is 54.9. The molecule has 2 nitrogen and oxygen atoms in total. The third-order valence-corrected chi connectivity index (χ3v) is 3.23. The Balaban J connectivity index is 2.21. The first kappa shape index (κ1) is 5.77. The largest absolute Gasteiger partial charge is 0.314 e. The van der Waals surface area contributed by atoms with E-state index in [4.69, 9.17) is 5.73 Å². The topological polar surface area (TPSA) is 29.3 Å². The smallest absolute Gasteiger partial charge is 0.0756 e. The minimum Gasteiger partial charge on any atom is -0.314 e. The monoisotopic (exact) mass is 142 g/mol. The van der Waals surface area contributed by atoms with Crippen LogP contribution in [0.1, 0.15) is 6.92 Å². The van der Waals surface area contributed by atoms with Gasteiger partial charge in [-0.05, 0) is 24.3 Å². The highest BCUT2D eigenvalue weighted by molar-refractivity contribution is 8.00. The van der Waals surface area contributed by atoms with Crippen molar-refractivity contribution < 1.29 is 0 Å². The minimum absolute atomic E-state index is 0.287. The van der Waals surface area contributed by atoms with Crippen LogP contribution in [0.3, 0.4) is 0 Å². The van der Waals surface area contributed by atoms with Gasteiger partial charge in [-0.2, -0.15) is 0 Å². The van der Waals surface area contributed by atoms with E-state index in [0.717, 1.165) is 0 Å². The van der Waals surface area contributed by atoms with Crippen LogP contribution in [0.4, 0.5) is 0 Å². The molecule has 1 fully saturated rings. The SMILES string of the molecule is CC1C2C=CSN1C2N. The van der Waals surface area contributed by atoms with Gasteiger partial charge in [0.25, 0.3) is 0 Å². The van der Waals surface area contributed by atoms with Crippen molar-refractivity contribution in [2.24, 2.45) is 11.7 Å². The summed E-state index contributed by atoms with van der Waals surface area (Å²) >= 11 is 1.73. The molecule has 2 N–H and O–H groups in total. The van der Waals surface area contributed by atoms with Crippen molar-refractivity contribution in [1.82, 2.24) is 4.31 Å². The van der Waals surface area contributed by atoms with E-state index in [1.807, 2.05) is 0 Å². The number of hydrogen-bond acceptors (Lipinski definition) is 3. The lowest BCUT2D eigenvalue weighted by Gasteiger charge is -2.51. The summed E-state index contributed by atoms with van der Waals surface area (Å²) in [6.45, 7) is 2.21. The maximum atomic E-state index is 5.77. The van der Waals surface area contributed by atoms with Crippen molar-refractivity contribution in [3.63, 3.8) is 0 Å². The predicted molar refractivity (Wildman–Crippen MR) is 39.5 cm³/mol. The summed E-state index contributed by atoms with van der Waals surface area (Å²) in [5, 5.41) is 2.12. The second-order valence-electron chi connectivity index (χ2n) is 2.60. The Hall–Kier alpha value is 0.01000. The summed E-state index contributed by atoms with van der Waals surface area (Å²) in [4.78, 5) is 0. The molecule has 3 heterocycles. The summed E-state index contributed by atoms with van der Waals surface area (Å²) in [6.07, 6.45) is 2.50. The van der Waals surface area contributed by atoms with E-state index in [0.29, 0.717) is 12.0 Å². The van der Waals surface area contributed by atoms with Crippen LogP contribution in [0.15, 0.2) is 11.5 Å². The zero-order chi connectivity index (χ0) is 6.43. The van der Waals surface area contributed by atoms with Crippen molar-refractivity contribution in [2.45, 2.75) is 19.1 Å². The lowest BCUT2D eigenvalue weighted by atomic mass is 9.89. The van der Waals surface area contributed by atoms with E-state index in [1.54, 1.807) is 11.9 Å². The first-order valence-corrected chi connectivity index (χ1v) is 4.02. The Morgan fingerprint density at radius 3 is 2.67 bits per heavy atom. The number of rotatable bonds is 0. The summed E-state index contributed by atoms with van der Waals surface area (Å²) in [6, 6.07) is 0.662. The number of hydrogen-bond donors (Lipinski definition) is 1. The van der Waals surface area contributed by atoms with Crippen molar-refractivity contribution in [3.8, 4) is 0 Å². The van der Waals surface area contributed by atoms with Crippen LogP contribution in [0.25, 0.3) is 0 Å². The highest BCUT2D eigenvalue weighted by Crippen LogP contribution is 2.41. The van der Waals surface area contributed by atoms with Gasteiger partial charge in [0.05, 0.1) is 6.17 Å². The second-order valence-corrected chi connectivity index (χ2v) is 3.51. The molecule has 4 atom stereocenters. The van der Waals surface area contributed by atoms with Gasteiger partial charge in [-0.1, -0.05) is 6.08 Å². The maximum absolute atomic E-state index is 5.77. The molecule has 3 rings (SSSR count). The van der Waals surface area contributed by atoms with Gasteiger partial charge in [0.2, 0.25) is 0 Å². The summed E-state index contributed by atoms with van der Waals surface area (Å²) in [7, 11) is 0. The first-order chi connectivity index (χ1) is 4.30. The molecule has 0 amide bonds. The van der Waals surface area contributed by atoms with Gasteiger partial charge in [-0.3, -0.25) is 0 Å². The van der Waals surface area contributed by atoms with E-state index in [2.05, 4.69) is 22.7 Å². The fourth-order valence-electron chi connectivity index (χ4n) is 1.43. The molecule has 0 aliphatic carbocycles. The molecule has 3 aliphatic rings. The summed E-state index contributed by atoms with van der Waals surface area (Å²) < 4.78 is 2.23. The highest BCUT2D eigenvalue weighted by Gasteiger charge is 2.44. The number of nitrogens with two attached hydrogens (primary N) is 1. The van der Waals surface area contributed by atoms with Crippen molar-refractivity contribution in [2.75, 3.05) is 0 Å². The van der Waals surface area contributed by atoms with E-state index in [-0.39, 0.29) is 6.17 Å². The number of nitrogens with zero attached hydrogens (tertiary/aromatic N) is 1. The molecule has 2 bridgehead atoms. The molecule has 0 aromatic carbocycles. The molecule has 0 aromatic rings. The lowest BCUT2D eigenvalue weighted by Crippen LogP contribution is -2.63. The Morgan fingerprint density at radius 1 is 1.67 bits per heavy atom. The molecular formula is C6H10N2S. The third-order valence-electron chi connectivity index (χ3n) is 2.13. The summed E-state index contributed by atoms with van der Waals surface area (Å²) in [5.74, 6) is 0.617. The molecule has 0 aromatic heterocycles.